The third-order valence-corrected chi connectivity index (χ3v) is 2.30. The molecule has 5 heteroatoms. The van der Waals surface area contributed by atoms with Crippen molar-refractivity contribution < 1.29 is 14.3 Å². The first-order chi connectivity index (χ1) is 8.50. The van der Waals surface area contributed by atoms with Crippen LogP contribution in [0.15, 0.2) is 30.3 Å². The maximum Gasteiger partial charge on any atom is 0.343 e. The van der Waals surface area contributed by atoms with E-state index in [0.29, 0.717) is 0 Å². The van der Waals surface area contributed by atoms with Gasteiger partial charge in [-0.05, 0) is 5.56 Å². The molecule has 5 nitrogen and oxygen atoms in total. The minimum Gasteiger partial charge on any atom is -0.458 e. The van der Waals surface area contributed by atoms with Crippen LogP contribution in [0.2, 0.25) is 0 Å². The third-order valence-electron chi connectivity index (χ3n) is 2.30. The van der Waals surface area contributed by atoms with Gasteiger partial charge in [-0.25, -0.2) is 4.79 Å². The van der Waals surface area contributed by atoms with Crippen LogP contribution in [0.1, 0.15) is 19.4 Å². The van der Waals surface area contributed by atoms with Crippen LogP contribution in [0.3, 0.4) is 0 Å². The zero-order valence-corrected chi connectivity index (χ0v) is 10.6. The molecule has 0 radical (unpaired) electrons. The number of nitrogens with one attached hydrogen (secondary N) is 1. The van der Waals surface area contributed by atoms with E-state index in [4.69, 9.17) is 10.5 Å². The number of benzene rings is 1. The van der Waals surface area contributed by atoms with Crippen molar-refractivity contribution in [1.29, 1.82) is 0 Å². The van der Waals surface area contributed by atoms with E-state index < -0.39 is 12.1 Å². The fourth-order valence-corrected chi connectivity index (χ4v) is 1.20. The van der Waals surface area contributed by atoms with E-state index in [1.807, 2.05) is 30.3 Å². The first-order valence-corrected chi connectivity index (χ1v) is 5.77. The van der Waals surface area contributed by atoms with Crippen LogP contribution < -0.4 is 11.1 Å². The molecule has 0 bridgehead atoms. The molecule has 1 unspecified atom stereocenters. The minimum absolute atomic E-state index is 0.144. The second-order valence-corrected chi connectivity index (χ2v) is 4.23. The summed E-state index contributed by atoms with van der Waals surface area (Å²) in [7, 11) is 0. The van der Waals surface area contributed by atoms with Crippen LogP contribution in [0.4, 0.5) is 0 Å². The molecule has 0 aromatic heterocycles. The Bertz CT molecular complexity index is 404. The molecule has 1 amide bonds. The number of nitrogens with two attached hydrogens (primary N) is 1. The molecular formula is C13H18N2O3. The van der Waals surface area contributed by atoms with Gasteiger partial charge in [-0.1, -0.05) is 44.2 Å². The highest BCUT2D eigenvalue weighted by atomic mass is 16.5. The molecule has 1 aromatic carbocycles. The maximum absolute atomic E-state index is 11.5. The minimum atomic E-state index is -1.12. The zero-order valence-electron chi connectivity index (χ0n) is 10.6. The van der Waals surface area contributed by atoms with Crippen LogP contribution in [-0.4, -0.2) is 18.0 Å². The molecule has 1 atom stereocenters. The monoisotopic (exact) mass is 250 g/mol. The summed E-state index contributed by atoms with van der Waals surface area (Å²) in [6, 6.07) is 9.25. The van der Waals surface area contributed by atoms with Gasteiger partial charge in [-0.2, -0.15) is 0 Å². The molecule has 1 aromatic rings. The summed E-state index contributed by atoms with van der Waals surface area (Å²) in [5.74, 6) is -1.15. The standard InChI is InChI=1S/C13H18N2O3/c1-9(2)12(16)15-11(14)13(17)18-8-10-6-4-3-5-7-10/h3-7,9,11H,8,14H2,1-2H3,(H,15,16). The van der Waals surface area contributed by atoms with Crippen LogP contribution >= 0.6 is 0 Å². The number of amides is 1. The smallest absolute Gasteiger partial charge is 0.343 e. The zero-order chi connectivity index (χ0) is 13.5. The number of carbonyl (C=O) groups is 2. The molecule has 0 spiro atoms. The van der Waals surface area contributed by atoms with E-state index in [-0.39, 0.29) is 18.4 Å². The molecule has 0 saturated carbocycles. The average Bonchev–Trinajstić information content (AvgIpc) is 2.36. The Kier molecular flexibility index (Phi) is 5.32. The van der Waals surface area contributed by atoms with E-state index in [1.54, 1.807) is 13.8 Å². The normalized spacial score (nSPS) is 12.0. The number of esters is 1. The van der Waals surface area contributed by atoms with Crippen molar-refractivity contribution in [3.05, 3.63) is 35.9 Å². The highest BCUT2D eigenvalue weighted by molar-refractivity contribution is 5.84. The van der Waals surface area contributed by atoms with Crippen molar-refractivity contribution in [1.82, 2.24) is 5.32 Å². The first-order valence-electron chi connectivity index (χ1n) is 5.77. The van der Waals surface area contributed by atoms with Crippen molar-refractivity contribution in [3.8, 4) is 0 Å². The van der Waals surface area contributed by atoms with Crippen LogP contribution in [0.5, 0.6) is 0 Å². The lowest BCUT2D eigenvalue weighted by Crippen LogP contribution is -2.49. The van der Waals surface area contributed by atoms with E-state index >= 15 is 0 Å². The quantitative estimate of drug-likeness (QED) is 0.598. The topological polar surface area (TPSA) is 81.4 Å². The molecule has 0 saturated heterocycles. The largest absolute Gasteiger partial charge is 0.458 e. The lowest BCUT2D eigenvalue weighted by atomic mass is 10.2. The third kappa shape index (κ3) is 4.55. The number of hydrogen-bond acceptors (Lipinski definition) is 4. The van der Waals surface area contributed by atoms with Crippen LogP contribution in [0.25, 0.3) is 0 Å². The number of hydrogen-bond donors (Lipinski definition) is 2. The number of rotatable bonds is 5. The molecule has 0 fully saturated rings. The molecule has 98 valence electrons. The number of ether oxygens (including phenoxy) is 1. The van der Waals surface area contributed by atoms with Crippen molar-refractivity contribution in [2.24, 2.45) is 11.7 Å². The average molecular weight is 250 g/mol. The molecule has 0 aliphatic heterocycles. The van der Waals surface area contributed by atoms with E-state index in [1.165, 1.54) is 0 Å². The van der Waals surface area contributed by atoms with Gasteiger partial charge >= 0.3 is 5.97 Å². The molecule has 3 N–H and O–H groups in total. The second-order valence-electron chi connectivity index (χ2n) is 4.23. The molecule has 1 rings (SSSR count). The predicted octanol–water partition coefficient (Wildman–Crippen LogP) is 0.787. The van der Waals surface area contributed by atoms with Gasteiger partial charge in [-0.15, -0.1) is 0 Å². The highest BCUT2D eigenvalue weighted by Gasteiger charge is 2.18. The summed E-state index contributed by atoms with van der Waals surface area (Å²) in [6.45, 7) is 3.58. The van der Waals surface area contributed by atoms with Gasteiger partial charge in [0.2, 0.25) is 5.91 Å². The van der Waals surface area contributed by atoms with Gasteiger partial charge in [0, 0.05) is 5.92 Å². The molecule has 0 aliphatic rings. The molecule has 0 aliphatic carbocycles. The van der Waals surface area contributed by atoms with Crippen molar-refractivity contribution in [3.63, 3.8) is 0 Å². The Morgan fingerprint density at radius 2 is 1.89 bits per heavy atom. The predicted molar refractivity (Wildman–Crippen MR) is 67.2 cm³/mol. The fraction of sp³-hybridized carbons (Fsp3) is 0.385. The first kappa shape index (κ1) is 14.2. The van der Waals surface area contributed by atoms with Gasteiger partial charge in [-0.3, -0.25) is 4.79 Å². The fourth-order valence-electron chi connectivity index (χ4n) is 1.20. The van der Waals surface area contributed by atoms with Gasteiger partial charge in [0.15, 0.2) is 6.17 Å². The summed E-state index contributed by atoms with van der Waals surface area (Å²) < 4.78 is 4.99. The summed E-state index contributed by atoms with van der Waals surface area (Å²) in [5, 5.41) is 2.38. The van der Waals surface area contributed by atoms with Crippen LogP contribution in [-0.2, 0) is 20.9 Å². The second kappa shape index (κ2) is 6.76. The van der Waals surface area contributed by atoms with Gasteiger partial charge in [0.25, 0.3) is 0 Å². The lowest BCUT2D eigenvalue weighted by Gasteiger charge is -2.14. The Labute approximate surface area is 106 Å². The lowest BCUT2D eigenvalue weighted by molar-refractivity contribution is -0.149. The van der Waals surface area contributed by atoms with E-state index in [2.05, 4.69) is 5.32 Å². The summed E-state index contributed by atoms with van der Waals surface area (Å²) >= 11 is 0. The summed E-state index contributed by atoms with van der Waals surface area (Å²) in [5.41, 5.74) is 6.38. The van der Waals surface area contributed by atoms with Gasteiger partial charge in [0.05, 0.1) is 0 Å². The van der Waals surface area contributed by atoms with E-state index in [0.717, 1.165) is 5.56 Å². The van der Waals surface area contributed by atoms with Crippen LogP contribution in [0, 0.1) is 5.92 Å². The maximum atomic E-state index is 11.5. The van der Waals surface area contributed by atoms with Crippen molar-refractivity contribution in [2.45, 2.75) is 26.6 Å². The molecule has 0 heterocycles. The summed E-state index contributed by atoms with van der Waals surface area (Å²) in [6.07, 6.45) is -1.12. The van der Waals surface area contributed by atoms with Crippen molar-refractivity contribution >= 4 is 11.9 Å². The molecule has 18 heavy (non-hydrogen) atoms. The van der Waals surface area contributed by atoms with Crippen molar-refractivity contribution in [2.75, 3.05) is 0 Å². The van der Waals surface area contributed by atoms with Gasteiger partial charge in [0.1, 0.15) is 6.61 Å². The SMILES string of the molecule is CC(C)C(=O)NC(N)C(=O)OCc1ccccc1. The Morgan fingerprint density at radius 3 is 2.44 bits per heavy atom. The highest BCUT2D eigenvalue weighted by Crippen LogP contribution is 2.01. The Hall–Kier alpha value is -1.88. The number of carbonyl (C=O) groups excluding carboxylic acids is 2. The summed E-state index contributed by atoms with van der Waals surface area (Å²) in [4.78, 5) is 22.8. The Morgan fingerprint density at radius 1 is 1.28 bits per heavy atom. The molecular weight excluding hydrogens is 232 g/mol. The van der Waals surface area contributed by atoms with Gasteiger partial charge < -0.3 is 15.8 Å². The van der Waals surface area contributed by atoms with E-state index in [9.17, 15) is 9.59 Å². The Balaban J connectivity index is 2.39.